The fourth-order valence-electron chi connectivity index (χ4n) is 3.33. The quantitative estimate of drug-likeness (QED) is 0.561. The van der Waals surface area contributed by atoms with Crippen LogP contribution in [0.2, 0.25) is 0 Å². The van der Waals surface area contributed by atoms with E-state index in [1.54, 1.807) is 25.5 Å². The van der Waals surface area contributed by atoms with Gasteiger partial charge in [-0.3, -0.25) is 10.4 Å². The van der Waals surface area contributed by atoms with E-state index in [-0.39, 0.29) is 0 Å². The maximum absolute atomic E-state index is 8.71. The molecule has 1 aliphatic heterocycles. The number of aromatic nitrogens is 1. The van der Waals surface area contributed by atoms with E-state index in [0.717, 1.165) is 35.6 Å². The molecule has 0 saturated carbocycles. The predicted octanol–water partition coefficient (Wildman–Crippen LogP) is 3.07. The fourth-order valence-corrected chi connectivity index (χ4v) is 3.33. The Labute approximate surface area is 160 Å². The number of pyridine rings is 1. The van der Waals surface area contributed by atoms with Gasteiger partial charge in [0.15, 0.2) is 0 Å². The first-order chi connectivity index (χ1) is 13.1. The molecule has 3 rings (SSSR count). The molecule has 0 radical (unpaired) electrons. The lowest BCUT2D eigenvalue weighted by molar-refractivity contribution is 0.573. The summed E-state index contributed by atoms with van der Waals surface area (Å²) in [7, 11) is 1.70. The Bertz CT molecular complexity index is 878. The topological polar surface area (TPSA) is 104 Å². The summed E-state index contributed by atoms with van der Waals surface area (Å²) in [5, 5.41) is 8.71. The molecule has 0 aliphatic carbocycles. The standard InChI is InChI=1S/C21H26N6/c1-25-14-17(13-22)15-5-6-19(23)18(11-15)21(24)16-7-8-26-20(12-16)27-9-3-2-4-10-27/h5-8,11-14,24H,2-4,9-10,22-23H2,1H3. The normalized spacial score (nSPS) is 15.3. The van der Waals surface area contributed by atoms with Gasteiger partial charge in [-0.2, -0.15) is 0 Å². The van der Waals surface area contributed by atoms with Crippen molar-refractivity contribution < 1.29 is 0 Å². The molecule has 6 nitrogen and oxygen atoms in total. The van der Waals surface area contributed by atoms with Crippen LogP contribution in [-0.2, 0) is 0 Å². The molecule has 2 heterocycles. The maximum atomic E-state index is 8.71. The second kappa shape index (κ2) is 8.49. The van der Waals surface area contributed by atoms with Crippen LogP contribution in [0.5, 0.6) is 0 Å². The third-order valence-electron chi connectivity index (χ3n) is 4.82. The van der Waals surface area contributed by atoms with E-state index in [1.807, 2.05) is 24.3 Å². The molecule has 2 aromatic rings. The van der Waals surface area contributed by atoms with Crippen LogP contribution in [0, 0.1) is 5.41 Å². The van der Waals surface area contributed by atoms with Gasteiger partial charge in [-0.25, -0.2) is 4.98 Å². The highest BCUT2D eigenvalue weighted by Crippen LogP contribution is 2.24. The van der Waals surface area contributed by atoms with Crippen molar-refractivity contribution in [3.05, 3.63) is 59.4 Å². The van der Waals surface area contributed by atoms with Crippen molar-refractivity contribution in [2.24, 2.45) is 10.7 Å². The van der Waals surface area contributed by atoms with Gasteiger partial charge in [0.1, 0.15) is 5.82 Å². The van der Waals surface area contributed by atoms with Crippen molar-refractivity contribution >= 4 is 29.0 Å². The van der Waals surface area contributed by atoms with Gasteiger partial charge >= 0.3 is 0 Å². The molecular weight excluding hydrogens is 336 g/mol. The van der Waals surface area contributed by atoms with Crippen molar-refractivity contribution in [2.45, 2.75) is 19.3 Å². The minimum atomic E-state index is 0.375. The lowest BCUT2D eigenvalue weighted by Crippen LogP contribution is -2.30. The molecule has 0 amide bonds. The summed E-state index contributed by atoms with van der Waals surface area (Å²) in [5.41, 5.74) is 16.0. The minimum Gasteiger partial charge on any atom is -0.404 e. The molecule has 1 aromatic carbocycles. The molecule has 1 fully saturated rings. The highest BCUT2D eigenvalue weighted by atomic mass is 15.2. The van der Waals surface area contributed by atoms with Crippen molar-refractivity contribution in [2.75, 3.05) is 30.8 Å². The van der Waals surface area contributed by atoms with E-state index in [2.05, 4.69) is 14.9 Å². The van der Waals surface area contributed by atoms with Gasteiger partial charge in [0.2, 0.25) is 0 Å². The van der Waals surface area contributed by atoms with Gasteiger partial charge in [-0.15, -0.1) is 0 Å². The van der Waals surface area contributed by atoms with Crippen molar-refractivity contribution in [3.63, 3.8) is 0 Å². The minimum absolute atomic E-state index is 0.375. The monoisotopic (exact) mass is 362 g/mol. The lowest BCUT2D eigenvalue weighted by atomic mass is 9.97. The summed E-state index contributed by atoms with van der Waals surface area (Å²) in [6.07, 6.45) is 8.61. The Kier molecular flexibility index (Phi) is 5.86. The number of nitrogens with one attached hydrogen (secondary N) is 1. The van der Waals surface area contributed by atoms with E-state index >= 15 is 0 Å². The first-order valence-electron chi connectivity index (χ1n) is 9.18. The third-order valence-corrected chi connectivity index (χ3v) is 4.82. The van der Waals surface area contributed by atoms with Crippen LogP contribution >= 0.6 is 0 Å². The van der Waals surface area contributed by atoms with Crippen LogP contribution in [0.1, 0.15) is 36.0 Å². The zero-order valence-electron chi connectivity index (χ0n) is 15.7. The van der Waals surface area contributed by atoms with E-state index in [9.17, 15) is 0 Å². The van der Waals surface area contributed by atoms with Crippen LogP contribution in [0.25, 0.3) is 5.57 Å². The lowest BCUT2D eigenvalue weighted by Gasteiger charge is -2.28. The number of benzene rings is 1. The van der Waals surface area contributed by atoms with Gasteiger partial charge in [-0.05, 0) is 49.1 Å². The Morgan fingerprint density at radius 3 is 2.63 bits per heavy atom. The molecule has 1 saturated heterocycles. The molecule has 0 bridgehead atoms. The second-order valence-corrected chi connectivity index (χ2v) is 6.64. The number of nitrogens with two attached hydrogens (primary N) is 2. The fraction of sp³-hybridized carbons (Fsp3) is 0.286. The van der Waals surface area contributed by atoms with E-state index in [4.69, 9.17) is 16.9 Å². The number of aliphatic imine (C=N–C) groups is 1. The van der Waals surface area contributed by atoms with Crippen LogP contribution in [0.4, 0.5) is 11.5 Å². The van der Waals surface area contributed by atoms with E-state index < -0.39 is 0 Å². The Morgan fingerprint density at radius 2 is 1.93 bits per heavy atom. The molecule has 1 aliphatic rings. The first kappa shape index (κ1) is 18.6. The number of rotatable bonds is 5. The van der Waals surface area contributed by atoms with Crippen LogP contribution in [0.15, 0.2) is 47.7 Å². The molecule has 5 N–H and O–H groups in total. The Hall–Kier alpha value is -3.15. The van der Waals surface area contributed by atoms with E-state index in [1.165, 1.54) is 25.5 Å². The van der Waals surface area contributed by atoms with Gasteiger partial charge in [0.05, 0.1) is 5.71 Å². The van der Waals surface area contributed by atoms with Crippen LogP contribution < -0.4 is 16.4 Å². The SMILES string of the molecule is CN=CC(=CN)c1ccc(N)c(C(=N)c2ccnc(N3CCCCC3)c2)c1. The molecule has 0 atom stereocenters. The average Bonchev–Trinajstić information content (AvgIpc) is 2.73. The van der Waals surface area contributed by atoms with Crippen molar-refractivity contribution in [1.82, 2.24) is 4.98 Å². The maximum Gasteiger partial charge on any atom is 0.129 e. The highest BCUT2D eigenvalue weighted by Gasteiger charge is 2.15. The smallest absolute Gasteiger partial charge is 0.129 e. The molecule has 27 heavy (non-hydrogen) atoms. The molecule has 1 aromatic heterocycles. The van der Waals surface area contributed by atoms with Gasteiger partial charge in [-0.1, -0.05) is 6.07 Å². The number of nitrogens with zero attached hydrogens (tertiary/aromatic N) is 3. The van der Waals surface area contributed by atoms with Crippen LogP contribution in [0.3, 0.4) is 0 Å². The summed E-state index contributed by atoms with van der Waals surface area (Å²) in [6.45, 7) is 2.03. The van der Waals surface area contributed by atoms with Gasteiger partial charge < -0.3 is 16.4 Å². The molecule has 0 spiro atoms. The predicted molar refractivity (Wildman–Crippen MR) is 114 cm³/mol. The summed E-state index contributed by atoms with van der Waals surface area (Å²) in [5.74, 6) is 0.923. The first-order valence-corrected chi connectivity index (χ1v) is 9.18. The summed E-state index contributed by atoms with van der Waals surface area (Å²) < 4.78 is 0. The molecule has 0 unspecified atom stereocenters. The second-order valence-electron chi connectivity index (χ2n) is 6.64. The Balaban J connectivity index is 1.93. The summed E-state index contributed by atoms with van der Waals surface area (Å²) in [6, 6.07) is 9.41. The number of anilines is 2. The highest BCUT2D eigenvalue weighted by molar-refractivity contribution is 6.16. The largest absolute Gasteiger partial charge is 0.404 e. The molecule has 6 heteroatoms. The van der Waals surface area contributed by atoms with Crippen molar-refractivity contribution in [1.29, 1.82) is 5.41 Å². The average molecular weight is 362 g/mol. The number of piperidine rings is 1. The number of allylic oxidation sites excluding steroid dienone is 1. The summed E-state index contributed by atoms with van der Waals surface area (Å²) in [4.78, 5) is 10.8. The zero-order valence-corrected chi connectivity index (χ0v) is 15.7. The van der Waals surface area contributed by atoms with E-state index in [0.29, 0.717) is 17.0 Å². The third kappa shape index (κ3) is 4.16. The van der Waals surface area contributed by atoms with Gasteiger partial charge in [0, 0.05) is 61.1 Å². The Morgan fingerprint density at radius 1 is 1.15 bits per heavy atom. The summed E-state index contributed by atoms with van der Waals surface area (Å²) >= 11 is 0. The molecule has 140 valence electrons. The zero-order chi connectivity index (χ0) is 19.2. The number of nitrogen functional groups attached to an aromatic ring is 1. The number of hydrogen-bond acceptors (Lipinski definition) is 6. The van der Waals surface area contributed by atoms with Crippen molar-refractivity contribution in [3.8, 4) is 0 Å². The molecular formula is C21H26N6. The van der Waals surface area contributed by atoms with Gasteiger partial charge in [0.25, 0.3) is 0 Å². The van der Waals surface area contributed by atoms with Crippen LogP contribution in [-0.4, -0.2) is 37.0 Å². The number of hydrogen-bond donors (Lipinski definition) is 3.